The predicted octanol–water partition coefficient (Wildman–Crippen LogP) is 0.234. The largest absolute Gasteiger partial charge is 0.369 e. The van der Waals surface area contributed by atoms with Gasteiger partial charge in [-0.15, -0.1) is 0 Å². The van der Waals surface area contributed by atoms with Crippen LogP contribution >= 0.6 is 0 Å². The van der Waals surface area contributed by atoms with Crippen LogP contribution in [0.2, 0.25) is 0 Å². The van der Waals surface area contributed by atoms with E-state index in [1.54, 1.807) is 17.0 Å². The molecule has 1 unspecified atom stereocenters. The van der Waals surface area contributed by atoms with Crippen LogP contribution in [0.25, 0.3) is 0 Å². The fourth-order valence-electron chi connectivity index (χ4n) is 0.874. The van der Waals surface area contributed by atoms with Crippen molar-refractivity contribution < 1.29 is 4.21 Å². The van der Waals surface area contributed by atoms with E-state index in [1.165, 1.54) is 0 Å². The number of nitrogens with zero attached hydrogens (tertiary/aromatic N) is 2. The maximum atomic E-state index is 11.1. The maximum absolute atomic E-state index is 11.1. The van der Waals surface area contributed by atoms with Gasteiger partial charge >= 0.3 is 0 Å². The molecule has 0 aliphatic carbocycles. The van der Waals surface area contributed by atoms with Gasteiger partial charge in [0.15, 0.2) is 5.95 Å². The van der Waals surface area contributed by atoms with E-state index in [1.807, 2.05) is 6.92 Å². The Morgan fingerprint density at radius 3 is 3.00 bits per heavy atom. The Kier molecular flexibility index (Phi) is 3.28. The van der Waals surface area contributed by atoms with Gasteiger partial charge in [-0.2, -0.15) is 0 Å². The van der Waals surface area contributed by atoms with Gasteiger partial charge in [-0.25, -0.2) is 4.98 Å². The van der Waals surface area contributed by atoms with Crippen LogP contribution in [0.3, 0.4) is 0 Å². The summed E-state index contributed by atoms with van der Waals surface area (Å²) < 4.78 is 12.9. The second kappa shape index (κ2) is 4.25. The van der Waals surface area contributed by atoms with Crippen LogP contribution in [0.1, 0.15) is 6.92 Å². The van der Waals surface area contributed by atoms with Crippen LogP contribution in [-0.2, 0) is 17.3 Å². The molecular weight excluding hydrogens is 174 g/mol. The maximum Gasteiger partial charge on any atom is 0.200 e. The summed E-state index contributed by atoms with van der Waals surface area (Å²) in [5.41, 5.74) is 5.52. The molecule has 1 heterocycles. The second-order valence-corrected chi connectivity index (χ2v) is 4.28. The molecule has 4 nitrogen and oxygen atoms in total. The Balaban J connectivity index is 2.43. The number of hydrogen-bond acceptors (Lipinski definition) is 3. The molecule has 0 aromatic carbocycles. The normalized spacial score (nSPS) is 13.1. The Hall–Kier alpha value is -0.840. The van der Waals surface area contributed by atoms with Crippen LogP contribution in [0, 0.1) is 0 Å². The van der Waals surface area contributed by atoms with Gasteiger partial charge in [-0.3, -0.25) is 4.21 Å². The van der Waals surface area contributed by atoms with E-state index in [9.17, 15) is 4.21 Å². The van der Waals surface area contributed by atoms with Crippen LogP contribution in [0.5, 0.6) is 0 Å². The third-order valence-electron chi connectivity index (χ3n) is 1.63. The molecule has 68 valence electrons. The summed E-state index contributed by atoms with van der Waals surface area (Å²) >= 11 is 0. The summed E-state index contributed by atoms with van der Waals surface area (Å²) in [5.74, 6) is 1.84. The summed E-state index contributed by atoms with van der Waals surface area (Å²) in [6.45, 7) is 2.60. The lowest BCUT2D eigenvalue weighted by atomic mass is 10.7. The highest BCUT2D eigenvalue weighted by Crippen LogP contribution is 1.98. The van der Waals surface area contributed by atoms with E-state index in [4.69, 9.17) is 5.73 Å². The van der Waals surface area contributed by atoms with Gasteiger partial charge in [-0.05, 0) is 0 Å². The molecule has 5 heteroatoms. The van der Waals surface area contributed by atoms with E-state index >= 15 is 0 Å². The Morgan fingerprint density at radius 2 is 2.50 bits per heavy atom. The number of rotatable bonds is 4. The van der Waals surface area contributed by atoms with E-state index < -0.39 is 10.8 Å². The van der Waals surface area contributed by atoms with Crippen molar-refractivity contribution in [2.45, 2.75) is 13.5 Å². The molecule has 0 fully saturated rings. The van der Waals surface area contributed by atoms with Crippen molar-refractivity contribution in [3.05, 3.63) is 12.4 Å². The van der Waals surface area contributed by atoms with E-state index in [0.717, 1.165) is 0 Å². The summed E-state index contributed by atoms with van der Waals surface area (Å²) in [6.07, 6.45) is 3.44. The number of aromatic nitrogens is 2. The minimum absolute atomic E-state index is 0.489. The van der Waals surface area contributed by atoms with Crippen LogP contribution in [-0.4, -0.2) is 25.3 Å². The first-order chi connectivity index (χ1) is 5.74. The van der Waals surface area contributed by atoms with E-state index in [-0.39, 0.29) is 0 Å². The second-order valence-electron chi connectivity index (χ2n) is 2.41. The van der Waals surface area contributed by atoms with Crippen molar-refractivity contribution in [2.75, 3.05) is 17.2 Å². The zero-order valence-corrected chi connectivity index (χ0v) is 7.88. The minimum atomic E-state index is -0.724. The third kappa shape index (κ3) is 2.34. The third-order valence-corrected chi connectivity index (χ3v) is 2.91. The molecule has 12 heavy (non-hydrogen) atoms. The van der Waals surface area contributed by atoms with Crippen molar-refractivity contribution in [3.8, 4) is 0 Å². The van der Waals surface area contributed by atoms with Crippen LogP contribution < -0.4 is 5.73 Å². The Bertz CT molecular complexity index is 271. The lowest BCUT2D eigenvalue weighted by Gasteiger charge is -2.02. The number of nitrogens with two attached hydrogens (primary N) is 1. The lowest BCUT2D eigenvalue weighted by molar-refractivity contribution is 0.675. The highest BCUT2D eigenvalue weighted by atomic mass is 32.2. The summed E-state index contributed by atoms with van der Waals surface area (Å²) in [6, 6.07) is 0. The van der Waals surface area contributed by atoms with Gasteiger partial charge in [0.25, 0.3) is 0 Å². The average molecular weight is 187 g/mol. The Morgan fingerprint density at radius 1 is 1.75 bits per heavy atom. The van der Waals surface area contributed by atoms with Gasteiger partial charge in [-0.1, -0.05) is 6.92 Å². The molecule has 0 radical (unpaired) electrons. The Labute approximate surface area is 74.2 Å². The highest BCUT2D eigenvalue weighted by molar-refractivity contribution is 7.84. The van der Waals surface area contributed by atoms with Gasteiger partial charge in [0.2, 0.25) is 0 Å². The molecule has 2 N–H and O–H groups in total. The molecule has 0 bridgehead atoms. The number of nitrogen functional groups attached to an aromatic ring is 1. The average Bonchev–Trinajstić information content (AvgIpc) is 2.47. The van der Waals surface area contributed by atoms with Crippen molar-refractivity contribution in [3.63, 3.8) is 0 Å². The van der Waals surface area contributed by atoms with E-state index in [2.05, 4.69) is 4.98 Å². The van der Waals surface area contributed by atoms with Gasteiger partial charge in [0, 0.05) is 41.2 Å². The first-order valence-electron chi connectivity index (χ1n) is 3.85. The van der Waals surface area contributed by atoms with E-state index in [0.29, 0.717) is 24.0 Å². The number of aryl methyl sites for hydroxylation is 1. The summed E-state index contributed by atoms with van der Waals surface area (Å²) in [4.78, 5) is 3.86. The smallest absolute Gasteiger partial charge is 0.200 e. The molecule has 1 aromatic heterocycles. The topological polar surface area (TPSA) is 60.9 Å². The molecule has 1 atom stereocenters. The highest BCUT2D eigenvalue weighted by Gasteiger charge is 1.99. The molecule has 0 saturated heterocycles. The van der Waals surface area contributed by atoms with Crippen molar-refractivity contribution in [1.82, 2.24) is 9.55 Å². The monoisotopic (exact) mass is 187 g/mol. The fourth-order valence-corrected chi connectivity index (χ4v) is 1.56. The zero-order valence-electron chi connectivity index (χ0n) is 7.06. The van der Waals surface area contributed by atoms with Gasteiger partial charge in [0.05, 0.1) is 0 Å². The molecule has 0 amide bonds. The summed E-state index contributed by atoms with van der Waals surface area (Å²) in [7, 11) is -0.724. The summed E-state index contributed by atoms with van der Waals surface area (Å²) in [5, 5.41) is 0. The molecule has 1 aromatic rings. The standard InChI is InChI=1S/C7H13N3OS/c1-2-12(11)6-5-10-4-3-9-7(10)8/h3-4H,2,5-6H2,1H3,(H2,8,9). The van der Waals surface area contributed by atoms with Crippen molar-refractivity contribution in [1.29, 1.82) is 0 Å². The van der Waals surface area contributed by atoms with Crippen LogP contribution in [0.15, 0.2) is 12.4 Å². The quantitative estimate of drug-likeness (QED) is 0.734. The number of anilines is 1. The lowest BCUT2D eigenvalue weighted by Crippen LogP contribution is -2.10. The number of hydrogen-bond donors (Lipinski definition) is 1. The fraction of sp³-hybridized carbons (Fsp3) is 0.571. The molecule has 0 spiro atoms. The molecule has 0 saturated carbocycles. The van der Waals surface area contributed by atoms with Gasteiger partial charge < -0.3 is 10.3 Å². The molecule has 0 aliphatic heterocycles. The van der Waals surface area contributed by atoms with Crippen molar-refractivity contribution in [2.24, 2.45) is 0 Å². The molecule has 0 aliphatic rings. The SMILES string of the molecule is CCS(=O)CCn1ccnc1N. The van der Waals surface area contributed by atoms with Gasteiger partial charge in [0.1, 0.15) is 0 Å². The minimum Gasteiger partial charge on any atom is -0.369 e. The zero-order chi connectivity index (χ0) is 8.97. The molecular formula is C7H13N3OS. The number of imidazole rings is 1. The van der Waals surface area contributed by atoms with Crippen LogP contribution in [0.4, 0.5) is 5.95 Å². The first kappa shape index (κ1) is 9.25. The molecule has 1 rings (SSSR count). The first-order valence-corrected chi connectivity index (χ1v) is 5.34. The van der Waals surface area contributed by atoms with Crippen molar-refractivity contribution >= 4 is 16.7 Å². The predicted molar refractivity (Wildman–Crippen MR) is 50.2 cm³/mol.